The highest BCUT2D eigenvalue weighted by atomic mass is 19.4. The first-order chi connectivity index (χ1) is 18.2. The molecule has 0 bridgehead atoms. The Kier molecular flexibility index (Phi) is 8.62. The maximum absolute atomic E-state index is 12.4. The van der Waals surface area contributed by atoms with Crippen LogP contribution in [0.2, 0.25) is 0 Å². The van der Waals surface area contributed by atoms with Crippen LogP contribution in [-0.2, 0) is 23.8 Å². The summed E-state index contributed by atoms with van der Waals surface area (Å²) in [6.45, 7) is 1.86. The molecule has 38 heavy (non-hydrogen) atoms. The highest BCUT2D eigenvalue weighted by Gasteiger charge is 2.46. The molecule has 2 heterocycles. The van der Waals surface area contributed by atoms with Crippen LogP contribution in [0.4, 0.5) is 13.2 Å². The highest BCUT2D eigenvalue weighted by molar-refractivity contribution is 5.80. The fourth-order valence-electron chi connectivity index (χ4n) is 4.11. The van der Waals surface area contributed by atoms with Gasteiger partial charge in [-0.05, 0) is 36.8 Å². The first-order valence-electron chi connectivity index (χ1n) is 11.5. The Hall–Kier alpha value is -3.52. The number of benzene rings is 2. The van der Waals surface area contributed by atoms with Crippen molar-refractivity contribution in [1.29, 1.82) is 0 Å². The number of aromatic nitrogens is 3. The molecule has 0 unspecified atom stereocenters. The van der Waals surface area contributed by atoms with Gasteiger partial charge in [0.25, 0.3) is 6.29 Å². The highest BCUT2D eigenvalue weighted by Crippen LogP contribution is 2.28. The third kappa shape index (κ3) is 6.48. The molecular formula is C25H27F3N4O6. The Bertz CT molecular complexity index is 1200. The molecule has 0 aliphatic carbocycles. The monoisotopic (exact) mass is 536 g/mol. The lowest BCUT2D eigenvalue weighted by Gasteiger charge is -2.42. The molecule has 3 aromatic rings. The summed E-state index contributed by atoms with van der Waals surface area (Å²) in [5, 5.41) is 12.2. The van der Waals surface area contributed by atoms with E-state index in [9.17, 15) is 13.2 Å². The quantitative estimate of drug-likeness (QED) is 0.299. The van der Waals surface area contributed by atoms with Crippen molar-refractivity contribution in [2.75, 3.05) is 21.3 Å². The van der Waals surface area contributed by atoms with Crippen molar-refractivity contribution in [3.8, 4) is 22.7 Å². The molecular weight excluding hydrogens is 509 g/mol. The van der Waals surface area contributed by atoms with E-state index in [1.54, 1.807) is 20.4 Å². The molecule has 4 rings (SSSR count). The van der Waals surface area contributed by atoms with Gasteiger partial charge in [0.1, 0.15) is 23.7 Å². The molecule has 204 valence electrons. The number of alkyl halides is 3. The normalized spacial score (nSPS) is 24.0. The second-order valence-corrected chi connectivity index (χ2v) is 8.36. The van der Waals surface area contributed by atoms with Crippen molar-refractivity contribution < 1.29 is 41.7 Å². The van der Waals surface area contributed by atoms with Crippen LogP contribution in [-0.4, -0.2) is 79.6 Å². The van der Waals surface area contributed by atoms with Crippen LogP contribution < -0.4 is 4.74 Å². The summed E-state index contributed by atoms with van der Waals surface area (Å²) in [5.74, 6) is -0.317. The zero-order chi connectivity index (χ0) is 27.3. The van der Waals surface area contributed by atoms with Crippen molar-refractivity contribution >= 4 is 6.21 Å². The Balaban J connectivity index is 1.38. The number of ether oxygens (including phenoxy) is 5. The molecule has 5 atom stereocenters. The van der Waals surface area contributed by atoms with Crippen LogP contribution in [0.25, 0.3) is 16.9 Å². The Labute approximate surface area is 216 Å². The van der Waals surface area contributed by atoms with E-state index in [0.29, 0.717) is 11.4 Å². The van der Waals surface area contributed by atoms with E-state index in [1.165, 1.54) is 42.3 Å². The summed E-state index contributed by atoms with van der Waals surface area (Å²) in [7, 11) is 4.70. The van der Waals surface area contributed by atoms with E-state index in [-0.39, 0.29) is 18.0 Å². The van der Waals surface area contributed by atoms with Crippen molar-refractivity contribution in [1.82, 2.24) is 15.0 Å². The number of hydrogen-bond acceptors (Lipinski definition) is 9. The van der Waals surface area contributed by atoms with Crippen LogP contribution in [0, 0.1) is 0 Å². The van der Waals surface area contributed by atoms with Gasteiger partial charge in [0.15, 0.2) is 6.10 Å². The summed E-state index contributed by atoms with van der Waals surface area (Å²) >= 11 is 0. The van der Waals surface area contributed by atoms with Gasteiger partial charge in [0.05, 0.1) is 24.2 Å². The van der Waals surface area contributed by atoms with Crippen LogP contribution in [0.1, 0.15) is 12.5 Å². The van der Waals surface area contributed by atoms with E-state index in [4.69, 9.17) is 23.8 Å². The van der Waals surface area contributed by atoms with Crippen LogP contribution in [0.3, 0.4) is 0 Å². The van der Waals surface area contributed by atoms with Crippen molar-refractivity contribution in [2.24, 2.45) is 5.16 Å². The second-order valence-electron chi connectivity index (χ2n) is 8.36. The minimum Gasteiger partial charge on any atom is -0.406 e. The second kappa shape index (κ2) is 11.9. The fourth-order valence-corrected chi connectivity index (χ4v) is 4.11. The van der Waals surface area contributed by atoms with Gasteiger partial charge >= 0.3 is 6.36 Å². The molecule has 1 fully saturated rings. The molecule has 0 N–H and O–H groups in total. The maximum atomic E-state index is 12.4. The van der Waals surface area contributed by atoms with Gasteiger partial charge < -0.3 is 28.5 Å². The summed E-state index contributed by atoms with van der Waals surface area (Å²) in [6.07, 6.45) is -3.89. The standard InChI is InChI=1S/C25H27F3N4O6/c1-15-21(33-2)22(34-3)23(35-4)24(36-15)38-29-13-16-5-7-17(8-6-16)20-14-32(31-30-20)18-9-11-19(12-10-18)37-25(26,27)28/h5-15,21-24H,1-4H3/b29-13+/t15-,21-,22+,23+,24-/m0/s1. The van der Waals surface area contributed by atoms with Gasteiger partial charge in [0, 0.05) is 26.9 Å². The van der Waals surface area contributed by atoms with Crippen LogP contribution in [0.5, 0.6) is 5.75 Å². The van der Waals surface area contributed by atoms with E-state index in [0.717, 1.165) is 11.1 Å². The molecule has 1 aromatic heterocycles. The average molecular weight is 537 g/mol. The van der Waals surface area contributed by atoms with Crippen LogP contribution >= 0.6 is 0 Å². The lowest BCUT2D eigenvalue weighted by Crippen LogP contribution is -2.59. The first kappa shape index (κ1) is 27.5. The van der Waals surface area contributed by atoms with Gasteiger partial charge in [-0.25, -0.2) is 4.68 Å². The third-order valence-electron chi connectivity index (χ3n) is 5.94. The molecule has 13 heteroatoms. The molecule has 1 aliphatic rings. The number of rotatable bonds is 9. The molecule has 1 saturated heterocycles. The summed E-state index contributed by atoms with van der Waals surface area (Å²) in [5.41, 5.74) is 2.65. The molecule has 0 amide bonds. The summed E-state index contributed by atoms with van der Waals surface area (Å²) in [4.78, 5) is 5.58. The number of oxime groups is 1. The topological polar surface area (TPSA) is 98.5 Å². The van der Waals surface area contributed by atoms with Gasteiger partial charge in [-0.15, -0.1) is 18.3 Å². The summed E-state index contributed by atoms with van der Waals surface area (Å²) < 4.78 is 64.8. The number of nitrogens with zero attached hydrogens (tertiary/aromatic N) is 4. The first-order valence-corrected chi connectivity index (χ1v) is 11.5. The lowest BCUT2D eigenvalue weighted by molar-refractivity contribution is -0.305. The third-order valence-corrected chi connectivity index (χ3v) is 5.94. The fraction of sp³-hybridized carbons (Fsp3) is 0.400. The molecule has 10 nitrogen and oxygen atoms in total. The largest absolute Gasteiger partial charge is 0.573 e. The lowest BCUT2D eigenvalue weighted by atomic mass is 9.99. The van der Waals surface area contributed by atoms with E-state index < -0.39 is 24.9 Å². The van der Waals surface area contributed by atoms with Gasteiger partial charge in [-0.3, -0.25) is 0 Å². The summed E-state index contributed by atoms with van der Waals surface area (Å²) in [6, 6.07) is 12.6. The Morgan fingerprint density at radius 2 is 1.58 bits per heavy atom. The number of methoxy groups -OCH3 is 3. The Morgan fingerprint density at radius 3 is 2.18 bits per heavy atom. The molecule has 0 saturated carbocycles. The number of halogens is 3. The average Bonchev–Trinajstić information content (AvgIpc) is 3.38. The Morgan fingerprint density at radius 1 is 0.921 bits per heavy atom. The van der Waals surface area contributed by atoms with Crippen LogP contribution in [0.15, 0.2) is 59.9 Å². The van der Waals surface area contributed by atoms with Gasteiger partial charge in [0.2, 0.25) is 0 Å². The smallest absolute Gasteiger partial charge is 0.406 e. The molecule has 1 aliphatic heterocycles. The van der Waals surface area contributed by atoms with Gasteiger partial charge in [-0.2, -0.15) is 0 Å². The zero-order valence-electron chi connectivity index (χ0n) is 21.0. The SMILES string of the molecule is CO[C@@H]1[C@@H](OC)[C@H](C)O[C@@H](O/N=C/c2ccc(-c3cn(-c4ccc(OC(F)(F)F)cc4)nn3)cc2)[C@@H]1OC. The van der Waals surface area contributed by atoms with Crippen molar-refractivity contribution in [3.05, 3.63) is 60.3 Å². The predicted octanol–water partition coefficient (Wildman–Crippen LogP) is 3.97. The van der Waals surface area contributed by atoms with Crippen molar-refractivity contribution in [2.45, 2.75) is 44.0 Å². The predicted molar refractivity (Wildman–Crippen MR) is 129 cm³/mol. The number of hydrogen-bond donors (Lipinski definition) is 0. The molecule has 2 aromatic carbocycles. The minimum atomic E-state index is -4.75. The van der Waals surface area contributed by atoms with Gasteiger partial charge in [-0.1, -0.05) is 34.6 Å². The molecule has 0 radical (unpaired) electrons. The maximum Gasteiger partial charge on any atom is 0.573 e. The van der Waals surface area contributed by atoms with E-state index in [1.807, 2.05) is 31.2 Å². The van der Waals surface area contributed by atoms with Crippen molar-refractivity contribution in [3.63, 3.8) is 0 Å². The minimum absolute atomic E-state index is 0.296. The van der Waals surface area contributed by atoms with E-state index in [2.05, 4.69) is 20.2 Å². The zero-order valence-corrected chi connectivity index (χ0v) is 21.0. The van der Waals surface area contributed by atoms with E-state index >= 15 is 0 Å². The molecule has 0 spiro atoms.